The van der Waals surface area contributed by atoms with Crippen LogP contribution in [0, 0.1) is 12.8 Å². The molecule has 1 aromatic carbocycles. The smallest absolute Gasteiger partial charge is 0.277 e. The van der Waals surface area contributed by atoms with Crippen LogP contribution in [0.5, 0.6) is 5.75 Å². The van der Waals surface area contributed by atoms with E-state index in [0.717, 1.165) is 31.5 Å². The maximum Gasteiger partial charge on any atom is 0.277 e. The Hall–Kier alpha value is -2.76. The number of rotatable bonds is 9. The summed E-state index contributed by atoms with van der Waals surface area (Å²) in [6.07, 6.45) is 4.21. The molecule has 0 radical (unpaired) electrons. The molecule has 1 unspecified atom stereocenters. The van der Waals surface area contributed by atoms with Crippen LogP contribution < -0.4 is 15.0 Å². The van der Waals surface area contributed by atoms with E-state index in [-0.39, 0.29) is 34.7 Å². The fourth-order valence-electron chi connectivity index (χ4n) is 4.56. The molecule has 1 saturated carbocycles. The van der Waals surface area contributed by atoms with Gasteiger partial charge in [-0.1, -0.05) is 26.7 Å². The molecule has 0 saturated heterocycles. The van der Waals surface area contributed by atoms with Gasteiger partial charge in [0, 0.05) is 12.0 Å². The highest BCUT2D eigenvalue weighted by atomic mass is 32.2. The SMILES string of the molecule is CCOc1ccc(S(=O)(=O)NC(CO)C(C)C)cc1-c1nn2c(C3CCCC3)nc(C)c2c(=O)[nH]1. The van der Waals surface area contributed by atoms with Crippen LogP contribution in [0.25, 0.3) is 16.9 Å². The minimum atomic E-state index is -3.95. The third-order valence-electron chi connectivity index (χ3n) is 6.55. The van der Waals surface area contributed by atoms with Crippen LogP contribution in [0.3, 0.4) is 0 Å². The third kappa shape index (κ3) is 4.98. The number of H-pyrrole nitrogens is 1. The summed E-state index contributed by atoms with van der Waals surface area (Å²) in [5, 5.41) is 14.3. The number of aromatic amines is 1. The van der Waals surface area contributed by atoms with Crippen molar-refractivity contribution in [2.45, 2.75) is 70.2 Å². The van der Waals surface area contributed by atoms with E-state index in [0.29, 0.717) is 29.1 Å². The number of fused-ring (bicyclic) bond motifs is 1. The molecule has 2 heterocycles. The van der Waals surface area contributed by atoms with Crippen LogP contribution >= 0.6 is 0 Å². The van der Waals surface area contributed by atoms with Crippen LogP contribution in [0.4, 0.5) is 0 Å². The molecule has 3 aromatic rings. The van der Waals surface area contributed by atoms with Crippen LogP contribution in [0.15, 0.2) is 27.9 Å². The molecule has 0 aliphatic heterocycles. The Bertz CT molecular complexity index is 1370. The van der Waals surface area contributed by atoms with Crippen molar-refractivity contribution in [1.82, 2.24) is 24.3 Å². The van der Waals surface area contributed by atoms with E-state index in [4.69, 9.17) is 9.84 Å². The number of ether oxygens (including phenoxy) is 1. The van der Waals surface area contributed by atoms with Crippen molar-refractivity contribution in [2.24, 2.45) is 5.92 Å². The van der Waals surface area contributed by atoms with Gasteiger partial charge in [0.25, 0.3) is 5.56 Å². The molecule has 11 heteroatoms. The first-order valence-electron chi connectivity index (χ1n) is 12.1. The fourth-order valence-corrected chi connectivity index (χ4v) is 5.96. The molecule has 4 rings (SSSR count). The second-order valence-corrected chi connectivity index (χ2v) is 11.1. The maximum absolute atomic E-state index is 13.1. The van der Waals surface area contributed by atoms with Crippen molar-refractivity contribution in [1.29, 1.82) is 0 Å². The van der Waals surface area contributed by atoms with Gasteiger partial charge < -0.3 is 14.8 Å². The number of nitrogens with zero attached hydrogens (tertiary/aromatic N) is 3. The highest BCUT2D eigenvalue weighted by Crippen LogP contribution is 2.35. The summed E-state index contributed by atoms with van der Waals surface area (Å²) in [5.41, 5.74) is 1.00. The lowest BCUT2D eigenvalue weighted by Gasteiger charge is -2.20. The summed E-state index contributed by atoms with van der Waals surface area (Å²) in [5.74, 6) is 1.48. The first-order chi connectivity index (χ1) is 16.7. The quantitative estimate of drug-likeness (QED) is 0.408. The van der Waals surface area contributed by atoms with Gasteiger partial charge >= 0.3 is 0 Å². The summed E-state index contributed by atoms with van der Waals surface area (Å²) in [4.78, 5) is 20.5. The molecule has 3 N–H and O–H groups in total. The predicted molar refractivity (Wildman–Crippen MR) is 132 cm³/mol. The normalized spacial score (nSPS) is 15.8. The van der Waals surface area contributed by atoms with Gasteiger partial charge in [0.2, 0.25) is 10.0 Å². The number of aliphatic hydroxyl groups is 1. The largest absolute Gasteiger partial charge is 0.493 e. The molecule has 35 heavy (non-hydrogen) atoms. The summed E-state index contributed by atoms with van der Waals surface area (Å²) in [6.45, 7) is 7.29. The number of hydrogen-bond donors (Lipinski definition) is 3. The zero-order valence-electron chi connectivity index (χ0n) is 20.5. The number of benzene rings is 1. The second-order valence-electron chi connectivity index (χ2n) is 9.35. The summed E-state index contributed by atoms with van der Waals surface area (Å²) < 4.78 is 36.1. The number of nitrogens with one attached hydrogen (secondary N) is 2. The highest BCUT2D eigenvalue weighted by Gasteiger charge is 2.27. The Morgan fingerprint density at radius 3 is 2.63 bits per heavy atom. The number of imidazole rings is 1. The van der Waals surface area contributed by atoms with Crippen LogP contribution in [-0.4, -0.2) is 52.4 Å². The monoisotopic (exact) mass is 503 g/mol. The lowest BCUT2D eigenvalue weighted by Crippen LogP contribution is -2.41. The van der Waals surface area contributed by atoms with E-state index in [1.165, 1.54) is 12.1 Å². The van der Waals surface area contributed by atoms with Gasteiger partial charge in [-0.25, -0.2) is 22.6 Å². The van der Waals surface area contributed by atoms with Gasteiger partial charge in [-0.05, 0) is 50.8 Å². The molecule has 1 fully saturated rings. The van der Waals surface area contributed by atoms with Gasteiger partial charge in [-0.2, -0.15) is 0 Å². The Kier molecular flexibility index (Phi) is 7.30. The van der Waals surface area contributed by atoms with E-state index in [9.17, 15) is 18.3 Å². The molecule has 0 spiro atoms. The molecule has 1 atom stereocenters. The highest BCUT2D eigenvalue weighted by molar-refractivity contribution is 7.89. The molecule has 190 valence electrons. The van der Waals surface area contributed by atoms with E-state index in [2.05, 4.69) is 14.7 Å². The summed E-state index contributed by atoms with van der Waals surface area (Å²) in [6, 6.07) is 3.80. The Balaban J connectivity index is 1.86. The average molecular weight is 504 g/mol. The van der Waals surface area contributed by atoms with E-state index < -0.39 is 16.1 Å². The number of hydrogen-bond acceptors (Lipinski definition) is 7. The van der Waals surface area contributed by atoms with Crippen molar-refractivity contribution in [2.75, 3.05) is 13.2 Å². The summed E-state index contributed by atoms with van der Waals surface area (Å²) >= 11 is 0. The van der Waals surface area contributed by atoms with Gasteiger partial charge in [0.15, 0.2) is 11.3 Å². The predicted octanol–water partition coefficient (Wildman–Crippen LogP) is 2.74. The van der Waals surface area contributed by atoms with Gasteiger partial charge in [0.05, 0.1) is 29.4 Å². The number of sulfonamides is 1. The topological polar surface area (TPSA) is 139 Å². The molecule has 10 nitrogen and oxygen atoms in total. The van der Waals surface area contributed by atoms with Crippen LogP contribution in [0.2, 0.25) is 0 Å². The molecule has 2 aromatic heterocycles. The second kappa shape index (κ2) is 10.1. The third-order valence-corrected chi connectivity index (χ3v) is 8.03. The first-order valence-corrected chi connectivity index (χ1v) is 13.5. The Morgan fingerprint density at radius 1 is 1.29 bits per heavy atom. The van der Waals surface area contributed by atoms with E-state index in [1.54, 1.807) is 17.5 Å². The van der Waals surface area contributed by atoms with Crippen molar-refractivity contribution in [3.8, 4) is 17.1 Å². The van der Waals surface area contributed by atoms with Gasteiger partial charge in [-0.15, -0.1) is 5.10 Å². The van der Waals surface area contributed by atoms with Crippen molar-refractivity contribution < 1.29 is 18.3 Å². The molecule has 0 amide bonds. The van der Waals surface area contributed by atoms with Crippen molar-refractivity contribution >= 4 is 15.5 Å². The average Bonchev–Trinajstić information content (AvgIpc) is 3.46. The van der Waals surface area contributed by atoms with Crippen LogP contribution in [-0.2, 0) is 10.0 Å². The maximum atomic E-state index is 13.1. The Labute approximate surface area is 204 Å². The van der Waals surface area contributed by atoms with Gasteiger partial charge in [-0.3, -0.25) is 4.79 Å². The standard InChI is InChI=1S/C24H33N5O5S/c1-5-34-20-11-10-17(35(32,33)28-19(13-30)14(2)3)12-18(20)22-26-24(31)21-15(4)25-23(29(21)27-22)16-8-6-7-9-16/h10-12,14,16,19,28,30H,5-9,13H2,1-4H3,(H,26,27,31). The van der Waals surface area contributed by atoms with Crippen molar-refractivity contribution in [3.05, 3.63) is 40.1 Å². The summed E-state index contributed by atoms with van der Waals surface area (Å²) in [7, 11) is -3.95. The number of aliphatic hydroxyl groups excluding tert-OH is 1. The minimum absolute atomic E-state index is 0.0179. The zero-order chi connectivity index (χ0) is 25.3. The minimum Gasteiger partial charge on any atom is -0.493 e. The fraction of sp³-hybridized carbons (Fsp3) is 0.542. The zero-order valence-corrected chi connectivity index (χ0v) is 21.4. The molecule has 1 aliphatic carbocycles. The Morgan fingerprint density at radius 2 is 2.00 bits per heavy atom. The molecular formula is C24H33N5O5S. The van der Waals surface area contributed by atoms with Crippen LogP contribution in [0.1, 0.15) is 63.9 Å². The van der Waals surface area contributed by atoms with Crippen molar-refractivity contribution in [3.63, 3.8) is 0 Å². The van der Waals surface area contributed by atoms with Gasteiger partial charge in [0.1, 0.15) is 11.6 Å². The first kappa shape index (κ1) is 25.3. The van der Waals surface area contributed by atoms with E-state index in [1.807, 2.05) is 20.8 Å². The molecular weight excluding hydrogens is 470 g/mol. The number of aromatic nitrogens is 4. The number of aryl methyl sites for hydroxylation is 1. The molecule has 0 bridgehead atoms. The lowest BCUT2D eigenvalue weighted by atomic mass is 10.1. The van der Waals surface area contributed by atoms with E-state index >= 15 is 0 Å². The lowest BCUT2D eigenvalue weighted by molar-refractivity contribution is 0.227. The molecule has 1 aliphatic rings.